The Morgan fingerprint density at radius 3 is 1.79 bits per heavy atom. The summed E-state index contributed by atoms with van der Waals surface area (Å²) in [6.07, 6.45) is 21.4. The molecule has 8 heteroatoms. The fourth-order valence-corrected chi connectivity index (χ4v) is 6.71. The van der Waals surface area contributed by atoms with Gasteiger partial charge in [0.05, 0.1) is 12.7 Å². The third-order valence-corrected chi connectivity index (χ3v) is 9.52. The van der Waals surface area contributed by atoms with Crippen molar-refractivity contribution in [2.75, 3.05) is 19.0 Å². The maximum Gasteiger partial charge on any atom is 0.589 e. The van der Waals surface area contributed by atoms with E-state index in [4.69, 9.17) is 14.0 Å². The molecule has 4 unspecified atom stereocenters. The molecule has 0 heterocycles. The highest BCUT2D eigenvalue weighted by Crippen LogP contribution is 2.42. The summed E-state index contributed by atoms with van der Waals surface area (Å²) in [6, 6.07) is 0. The first-order chi connectivity index (χ1) is 18.4. The molecule has 0 aromatic heterocycles. The van der Waals surface area contributed by atoms with Gasteiger partial charge in [0.2, 0.25) is 0 Å². The molecule has 0 spiro atoms. The minimum atomic E-state index is -2.79. The fourth-order valence-electron chi connectivity index (χ4n) is 4.39. The van der Waals surface area contributed by atoms with Gasteiger partial charge in [-0.3, -0.25) is 4.74 Å². The first-order valence-electron chi connectivity index (χ1n) is 15.7. The second-order valence-corrected chi connectivity index (χ2v) is 13.1. The van der Waals surface area contributed by atoms with Crippen LogP contribution in [0.1, 0.15) is 150 Å². The van der Waals surface area contributed by atoms with Gasteiger partial charge in [0.15, 0.2) is 0 Å². The second-order valence-electron chi connectivity index (χ2n) is 10.4. The van der Waals surface area contributed by atoms with Crippen molar-refractivity contribution in [2.24, 2.45) is 0 Å². The molecule has 0 amide bonds. The van der Waals surface area contributed by atoms with Crippen molar-refractivity contribution in [3.63, 3.8) is 0 Å². The third-order valence-electron chi connectivity index (χ3n) is 6.75. The molecule has 226 valence electrons. The number of thioether (sulfide) groups is 1. The average Bonchev–Trinajstić information content (AvgIpc) is 2.90. The summed E-state index contributed by atoms with van der Waals surface area (Å²) in [7, 11) is -2.79. The van der Waals surface area contributed by atoms with E-state index < -0.39 is 25.6 Å². The Labute approximate surface area is 240 Å². The lowest BCUT2D eigenvalue weighted by atomic mass is 10.1. The maximum atomic E-state index is 12.7. The van der Waals surface area contributed by atoms with Crippen molar-refractivity contribution in [1.29, 1.82) is 0 Å². The van der Waals surface area contributed by atoms with Gasteiger partial charge >= 0.3 is 19.5 Å². The van der Waals surface area contributed by atoms with E-state index in [-0.39, 0.29) is 18.5 Å². The molecule has 0 aliphatic carbocycles. The van der Waals surface area contributed by atoms with Gasteiger partial charge in [-0.1, -0.05) is 117 Å². The molecule has 0 saturated carbocycles. The van der Waals surface area contributed by atoms with Crippen LogP contribution in [0.2, 0.25) is 0 Å². The zero-order chi connectivity index (χ0) is 28.5. The van der Waals surface area contributed by atoms with E-state index in [2.05, 4.69) is 13.8 Å². The van der Waals surface area contributed by atoms with E-state index in [1.165, 1.54) is 83.5 Å². The first kappa shape index (κ1) is 37.8. The number of unbranched alkanes of at least 4 members (excludes halogenated alkanes) is 14. The van der Waals surface area contributed by atoms with Crippen LogP contribution in [0, 0.1) is 0 Å². The van der Waals surface area contributed by atoms with Gasteiger partial charge in [-0.2, -0.15) is 11.8 Å². The van der Waals surface area contributed by atoms with Crippen molar-refractivity contribution >= 4 is 25.8 Å². The summed E-state index contributed by atoms with van der Waals surface area (Å²) >= 11 is 1.84. The van der Waals surface area contributed by atoms with Crippen LogP contribution in [0.5, 0.6) is 0 Å². The zero-order valence-electron chi connectivity index (χ0n) is 25.3. The quantitative estimate of drug-likeness (QED) is 0.0428. The first-order valence-corrected chi connectivity index (χ1v) is 17.9. The number of carbonyl (C=O) groups is 1. The summed E-state index contributed by atoms with van der Waals surface area (Å²) in [5, 5.41) is 11.1. The topological polar surface area (TPSA) is 82.1 Å². The molecule has 0 rings (SSSR count). The Morgan fingerprint density at radius 2 is 1.29 bits per heavy atom. The summed E-state index contributed by atoms with van der Waals surface area (Å²) in [5.74, 6) is -0.0261. The lowest BCUT2D eigenvalue weighted by molar-refractivity contribution is -0.208. The number of ether oxygens (including phenoxy) is 2. The van der Waals surface area contributed by atoms with Crippen LogP contribution < -0.4 is 0 Å². The van der Waals surface area contributed by atoms with Crippen molar-refractivity contribution in [3.05, 3.63) is 0 Å². The molecule has 4 atom stereocenters. The Hall–Kier alpha value is -0.200. The van der Waals surface area contributed by atoms with E-state index in [9.17, 15) is 14.5 Å². The highest BCUT2D eigenvalue weighted by atomic mass is 32.2. The number of hydrogen-bond donors (Lipinski definition) is 1. The monoisotopic (exact) mass is 579 g/mol. The smallest absolute Gasteiger partial charge is 0.458 e. The Morgan fingerprint density at radius 1 is 0.789 bits per heavy atom. The number of esters is 1. The van der Waals surface area contributed by atoms with Gasteiger partial charge in [0.25, 0.3) is 0 Å². The van der Waals surface area contributed by atoms with E-state index in [1.807, 2.05) is 25.6 Å². The highest BCUT2D eigenvalue weighted by Gasteiger charge is 2.62. The van der Waals surface area contributed by atoms with E-state index in [1.54, 1.807) is 6.92 Å². The number of carbonyl (C=O) groups excluding carboxylic acids is 1. The van der Waals surface area contributed by atoms with E-state index in [0.29, 0.717) is 6.42 Å². The summed E-state index contributed by atoms with van der Waals surface area (Å²) in [6.45, 7) is 10.1. The van der Waals surface area contributed by atoms with Crippen LogP contribution >= 0.6 is 19.8 Å². The van der Waals surface area contributed by atoms with Crippen LogP contribution in [-0.2, 0) is 23.4 Å². The molecule has 0 aliphatic heterocycles. The molecular formula is C30H60O6PS+. The van der Waals surface area contributed by atoms with Crippen LogP contribution in [0.3, 0.4) is 0 Å². The normalized spacial score (nSPS) is 15.2. The number of hydrogen-bond acceptors (Lipinski definition) is 7. The minimum Gasteiger partial charge on any atom is -0.458 e. The van der Waals surface area contributed by atoms with Crippen molar-refractivity contribution in [2.45, 2.75) is 167 Å². The van der Waals surface area contributed by atoms with Gasteiger partial charge in [-0.25, -0.2) is 4.79 Å². The molecule has 0 aromatic carbocycles. The van der Waals surface area contributed by atoms with Crippen LogP contribution in [0.25, 0.3) is 0 Å². The van der Waals surface area contributed by atoms with Crippen LogP contribution in [0.15, 0.2) is 0 Å². The highest BCUT2D eigenvalue weighted by molar-refractivity contribution is 7.99. The Balaban J connectivity index is 4.78. The maximum absolute atomic E-state index is 12.7. The van der Waals surface area contributed by atoms with Gasteiger partial charge in [0, 0.05) is 5.25 Å². The molecular weight excluding hydrogens is 519 g/mol. The van der Waals surface area contributed by atoms with Crippen molar-refractivity contribution in [1.82, 2.24) is 0 Å². The van der Waals surface area contributed by atoms with Crippen molar-refractivity contribution in [3.8, 4) is 0 Å². The van der Waals surface area contributed by atoms with Gasteiger partial charge in [-0.15, -0.1) is 4.52 Å². The molecule has 0 aliphatic rings. The predicted octanol–water partition coefficient (Wildman–Crippen LogP) is 9.54. The van der Waals surface area contributed by atoms with Gasteiger partial charge < -0.3 is 9.84 Å². The molecule has 0 bridgehead atoms. The lowest BCUT2D eigenvalue weighted by Gasteiger charge is -2.27. The minimum absolute atomic E-state index is 0.0598. The standard InChI is InChI=1S/C30H60O6PS/c1-6-10-12-14-15-16-17-18-19-21-23-26-38-28(24-22-20-13-11-7-2)27(5)36-30(32,29(31)34-9-4)37(33)35-25-8-3/h27-28,32H,6-26H2,1-5H3/q+1. The Kier molecular flexibility index (Phi) is 25.6. The zero-order valence-corrected chi connectivity index (χ0v) is 27.1. The van der Waals surface area contributed by atoms with Gasteiger partial charge in [-0.05, 0) is 43.4 Å². The molecule has 0 aromatic rings. The molecule has 0 fully saturated rings. The van der Waals surface area contributed by atoms with E-state index >= 15 is 0 Å². The summed E-state index contributed by atoms with van der Waals surface area (Å²) in [5.41, 5.74) is -2.59. The molecule has 38 heavy (non-hydrogen) atoms. The van der Waals surface area contributed by atoms with E-state index in [0.717, 1.165) is 31.4 Å². The number of aliphatic hydroxyl groups is 1. The average molecular weight is 580 g/mol. The predicted molar refractivity (Wildman–Crippen MR) is 162 cm³/mol. The largest absolute Gasteiger partial charge is 0.589 e. The van der Waals surface area contributed by atoms with Crippen LogP contribution in [-0.4, -0.2) is 46.9 Å². The SMILES string of the molecule is CCCCCCCCCCCCCSC(CCCCCCC)C(C)OC(O)(C(=O)OCC)[P+](=O)OCCC. The summed E-state index contributed by atoms with van der Waals surface area (Å²) < 4.78 is 28.8. The lowest BCUT2D eigenvalue weighted by Crippen LogP contribution is -2.44. The fraction of sp³-hybridized carbons (Fsp3) is 0.967. The van der Waals surface area contributed by atoms with Gasteiger partial charge in [0.1, 0.15) is 6.61 Å². The molecule has 6 nitrogen and oxygen atoms in total. The molecule has 1 N–H and O–H groups in total. The molecule has 0 saturated heterocycles. The second kappa shape index (κ2) is 25.7. The van der Waals surface area contributed by atoms with Crippen molar-refractivity contribution < 1.29 is 28.5 Å². The Bertz CT molecular complexity index is 579. The third kappa shape index (κ3) is 18.2. The molecule has 0 radical (unpaired) electrons. The summed E-state index contributed by atoms with van der Waals surface area (Å²) in [4.78, 5) is 12.6. The number of rotatable bonds is 28. The van der Waals surface area contributed by atoms with Crippen LogP contribution in [0.4, 0.5) is 0 Å².